The predicted octanol–water partition coefficient (Wildman–Crippen LogP) is 6.67. The van der Waals surface area contributed by atoms with E-state index in [0.717, 1.165) is 56.7 Å². The average molecular weight is 771 g/mol. The van der Waals surface area contributed by atoms with Gasteiger partial charge in [0.15, 0.2) is 11.5 Å². The molecule has 5 fully saturated rings. The van der Waals surface area contributed by atoms with Crippen molar-refractivity contribution in [2.45, 2.75) is 147 Å². The molecular weight excluding hydrogens is 709 g/mol. The number of likely N-dealkylation sites (tertiary alicyclic amines) is 1. The zero-order chi connectivity index (χ0) is 39.8. The fourth-order valence-electron chi connectivity index (χ4n) is 11.8. The van der Waals surface area contributed by atoms with Gasteiger partial charge in [0.05, 0.1) is 5.60 Å². The van der Waals surface area contributed by atoms with Gasteiger partial charge in [-0.15, -0.1) is 0 Å². The maximum atomic E-state index is 13.5. The van der Waals surface area contributed by atoms with Gasteiger partial charge in [0.2, 0.25) is 5.91 Å². The molecule has 1 amide bonds. The molecule has 9 rings (SSSR count). The van der Waals surface area contributed by atoms with Crippen molar-refractivity contribution in [3.63, 3.8) is 0 Å². The number of carbonyl (C=O) groups is 3. The second-order valence-electron chi connectivity index (χ2n) is 19.5. The predicted molar refractivity (Wildman–Crippen MR) is 211 cm³/mol. The monoisotopic (exact) mass is 770 g/mol. The maximum Gasteiger partial charge on any atom is 0.329 e. The third-order valence-electron chi connectivity index (χ3n) is 15.3. The molecule has 304 valence electrons. The molecule has 10 nitrogen and oxygen atoms in total. The zero-order valence-electron chi connectivity index (χ0n) is 34.5. The summed E-state index contributed by atoms with van der Waals surface area (Å²) in [6.07, 6.45) is 7.20. The summed E-state index contributed by atoms with van der Waals surface area (Å²) in [5.41, 5.74) is 0.791. The molecule has 0 unspecified atom stereocenters. The summed E-state index contributed by atoms with van der Waals surface area (Å²) >= 11 is 0. The summed E-state index contributed by atoms with van der Waals surface area (Å²) in [6.45, 7) is 14.4. The average Bonchev–Trinajstić information content (AvgIpc) is 3.91. The van der Waals surface area contributed by atoms with E-state index in [1.807, 2.05) is 57.2 Å². The number of hydrogen-bond acceptors (Lipinski definition) is 9. The van der Waals surface area contributed by atoms with Crippen molar-refractivity contribution in [2.24, 2.45) is 28.6 Å². The Morgan fingerprint density at radius 1 is 1.02 bits per heavy atom. The highest BCUT2D eigenvalue weighted by Gasteiger charge is 2.82. The van der Waals surface area contributed by atoms with Gasteiger partial charge in [-0.2, -0.15) is 0 Å². The van der Waals surface area contributed by atoms with Crippen molar-refractivity contribution < 1.29 is 38.4 Å². The van der Waals surface area contributed by atoms with E-state index in [2.05, 4.69) is 37.1 Å². The number of aliphatic hydroxyl groups is 1. The van der Waals surface area contributed by atoms with Gasteiger partial charge < -0.3 is 29.4 Å². The van der Waals surface area contributed by atoms with Gasteiger partial charge in [-0.1, -0.05) is 71.0 Å². The van der Waals surface area contributed by atoms with Crippen LogP contribution in [0, 0.1) is 28.6 Å². The highest BCUT2D eigenvalue weighted by atomic mass is 16.6. The maximum absolute atomic E-state index is 13.5. The van der Waals surface area contributed by atoms with Gasteiger partial charge in [-0.25, -0.2) is 4.79 Å². The Bertz CT molecular complexity index is 1850. The Balaban J connectivity index is 1.00. The van der Waals surface area contributed by atoms with Crippen molar-refractivity contribution in [1.29, 1.82) is 0 Å². The van der Waals surface area contributed by atoms with E-state index in [1.54, 1.807) is 7.11 Å². The summed E-state index contributed by atoms with van der Waals surface area (Å²) in [5.74, 6) is 0.290. The van der Waals surface area contributed by atoms with Gasteiger partial charge >= 0.3 is 11.9 Å². The Morgan fingerprint density at radius 3 is 2.45 bits per heavy atom. The van der Waals surface area contributed by atoms with E-state index in [-0.39, 0.29) is 60.5 Å². The molecule has 8 atom stereocenters. The number of esters is 2. The minimum absolute atomic E-state index is 0.0317. The largest absolute Gasteiger partial charge is 0.482 e. The summed E-state index contributed by atoms with van der Waals surface area (Å²) in [6, 6.07) is 13.0. The van der Waals surface area contributed by atoms with Crippen LogP contribution in [0.15, 0.2) is 42.5 Å². The minimum Gasteiger partial charge on any atom is -0.482 e. The molecule has 7 aliphatic rings. The number of amides is 1. The van der Waals surface area contributed by atoms with E-state index in [0.29, 0.717) is 17.5 Å². The number of benzene rings is 2. The number of nitrogens with zero attached hydrogens (tertiary/aromatic N) is 1. The van der Waals surface area contributed by atoms with Crippen LogP contribution in [-0.2, 0) is 42.3 Å². The Labute approximate surface area is 332 Å². The smallest absolute Gasteiger partial charge is 0.329 e. The number of hydrogen-bond donors (Lipinski definition) is 2. The van der Waals surface area contributed by atoms with Crippen LogP contribution in [0.2, 0.25) is 0 Å². The van der Waals surface area contributed by atoms with Crippen LogP contribution < -0.4 is 14.8 Å². The van der Waals surface area contributed by atoms with E-state index in [4.69, 9.17) is 18.9 Å². The third kappa shape index (κ3) is 6.10. The molecule has 10 heteroatoms. The Kier molecular flexibility index (Phi) is 9.92. The first-order valence-corrected chi connectivity index (χ1v) is 21.1. The summed E-state index contributed by atoms with van der Waals surface area (Å²) in [4.78, 5) is 42.2. The van der Waals surface area contributed by atoms with Crippen LogP contribution in [0.4, 0.5) is 0 Å². The van der Waals surface area contributed by atoms with E-state index < -0.39 is 34.6 Å². The fraction of sp³-hybridized carbons (Fsp3) is 0.674. The van der Waals surface area contributed by atoms with Gasteiger partial charge in [0, 0.05) is 54.8 Å². The van der Waals surface area contributed by atoms with Crippen molar-refractivity contribution in [1.82, 2.24) is 10.2 Å². The normalized spacial score (nSPS) is 31.6. The number of rotatable bonds is 14. The second-order valence-corrected chi connectivity index (χ2v) is 19.5. The fourth-order valence-corrected chi connectivity index (χ4v) is 11.8. The zero-order valence-corrected chi connectivity index (χ0v) is 34.5. The second kappa shape index (κ2) is 14.1. The molecule has 2 N–H and O–H groups in total. The van der Waals surface area contributed by atoms with Crippen LogP contribution in [0.1, 0.15) is 116 Å². The van der Waals surface area contributed by atoms with Crippen molar-refractivity contribution in [3.05, 3.63) is 59.2 Å². The number of ether oxygens (including phenoxy) is 4. The molecule has 2 aromatic carbocycles. The van der Waals surface area contributed by atoms with Gasteiger partial charge in [-0.05, 0) is 99.3 Å². The Hall–Kier alpha value is -3.47. The first-order valence-electron chi connectivity index (χ1n) is 21.1. The number of piperidine rings is 1. The molecule has 0 aromatic heterocycles. The van der Waals surface area contributed by atoms with E-state index in [9.17, 15) is 19.5 Å². The molecule has 2 spiro atoms. The molecule has 5 aliphatic carbocycles. The highest BCUT2D eigenvalue weighted by molar-refractivity contribution is 5.85. The topological polar surface area (TPSA) is 124 Å². The first kappa shape index (κ1) is 39.4. The minimum atomic E-state index is -1.02. The lowest BCUT2D eigenvalue weighted by atomic mass is 9.33. The van der Waals surface area contributed by atoms with Gasteiger partial charge in [0.25, 0.3) is 0 Å². The molecule has 0 radical (unpaired) electrons. The molecule has 4 bridgehead atoms. The quantitative estimate of drug-likeness (QED) is 0.160. The molecule has 2 heterocycles. The summed E-state index contributed by atoms with van der Waals surface area (Å²) in [5, 5.41) is 15.4. The standard InChI is InChI=1S/C46H62N2O8/c1-28(2)38(40(51)54-27-30-12-9-8-10-13-30)47-35(49)14-11-15-36(50)55-32-19-18-31-24-34-44-20-21-46(53-7,33(25-44)43(6,52)42(3,4)5)41-45(44,37(31)39(32)56-41)22-23-48(34)26-29-16-17-29/h8-10,12-13,18-19,28-29,33-34,38,41,52H,11,14-17,20-27H2,1-7H3,(H,47,49)/t33-,34-,38+,41-,43+,44-,45+,46-/m1/s1. The van der Waals surface area contributed by atoms with Crippen LogP contribution in [0.25, 0.3) is 0 Å². The van der Waals surface area contributed by atoms with Crippen molar-refractivity contribution in [3.8, 4) is 11.5 Å². The van der Waals surface area contributed by atoms with Crippen molar-refractivity contribution in [2.75, 3.05) is 20.2 Å². The van der Waals surface area contributed by atoms with Crippen LogP contribution in [0.5, 0.6) is 11.5 Å². The van der Waals surface area contributed by atoms with Gasteiger partial charge in [0.1, 0.15) is 24.4 Å². The molecular formula is C46H62N2O8. The van der Waals surface area contributed by atoms with Crippen LogP contribution in [0.3, 0.4) is 0 Å². The van der Waals surface area contributed by atoms with E-state index in [1.165, 1.54) is 24.0 Å². The molecule has 56 heavy (non-hydrogen) atoms. The number of nitrogens with one attached hydrogen (secondary N) is 1. The SMILES string of the molecule is CO[C@]12CC[C@@]3(C[C@@H]1[C@](C)(O)C(C)(C)C)[C@H]1Cc4ccc(OC(=O)CCCC(=O)N[C@H](C(=O)OCc5ccccc5)C(C)C)c5c4[C@@]3(CCN1CC1CC1)[C@H]2O5. The van der Waals surface area contributed by atoms with Gasteiger partial charge in [-0.3, -0.25) is 14.5 Å². The molecule has 2 aromatic rings. The molecule has 2 aliphatic heterocycles. The third-order valence-corrected chi connectivity index (χ3v) is 15.3. The lowest BCUT2D eigenvalue weighted by Crippen LogP contribution is -2.83. The number of methoxy groups -OCH3 is 1. The lowest BCUT2D eigenvalue weighted by Gasteiger charge is -2.75. The summed E-state index contributed by atoms with van der Waals surface area (Å²) in [7, 11) is 1.80. The van der Waals surface area contributed by atoms with Crippen molar-refractivity contribution >= 4 is 17.8 Å². The molecule has 4 saturated carbocycles. The number of fused-ring (bicyclic) bond motifs is 2. The molecule has 1 saturated heterocycles. The number of carbonyl (C=O) groups excluding carboxylic acids is 3. The van der Waals surface area contributed by atoms with Crippen LogP contribution in [-0.4, -0.2) is 77.4 Å². The summed E-state index contributed by atoms with van der Waals surface area (Å²) < 4.78 is 25.6. The Morgan fingerprint density at radius 2 is 1.77 bits per heavy atom. The van der Waals surface area contributed by atoms with E-state index >= 15 is 0 Å². The van der Waals surface area contributed by atoms with Crippen LogP contribution >= 0.6 is 0 Å². The highest BCUT2D eigenvalue weighted by Crippen LogP contribution is 2.78. The first-order chi connectivity index (χ1) is 26.6. The lowest BCUT2D eigenvalue weighted by molar-refractivity contribution is -0.312.